The summed E-state index contributed by atoms with van der Waals surface area (Å²) in [4.78, 5) is 35.3. The number of carbonyl (C=O) groups is 1. The Morgan fingerprint density at radius 3 is 2.84 bits per heavy atom. The summed E-state index contributed by atoms with van der Waals surface area (Å²) in [6.45, 7) is 1.91. The summed E-state index contributed by atoms with van der Waals surface area (Å²) in [5.41, 5.74) is 2.51. The number of carbonyl (C=O) groups excluding carboxylic acids is 1. The molecule has 1 aliphatic rings. The monoisotopic (exact) mass is 338 g/mol. The van der Waals surface area contributed by atoms with Gasteiger partial charge in [0.25, 0.3) is 5.56 Å². The standard InChI is InChI=1S/C18H15FN4O2/c1-9-2-3-20-8-13(9)11-4-10-7-21-16(6-15(10)22-17(11)24)23-18(25)12-5-14(12)19/h2-4,6-8,12,14H,5H2,1H3,(H,22,24)(H,21,23,25)/t12-,14+/m0/s1. The van der Waals surface area contributed by atoms with Gasteiger partial charge in [-0.15, -0.1) is 0 Å². The summed E-state index contributed by atoms with van der Waals surface area (Å²) in [5.74, 6) is -0.686. The summed E-state index contributed by atoms with van der Waals surface area (Å²) in [7, 11) is 0. The number of nitrogens with zero attached hydrogens (tertiary/aromatic N) is 2. The Labute approximate surface area is 142 Å². The van der Waals surface area contributed by atoms with E-state index in [0.717, 1.165) is 16.5 Å². The molecular weight excluding hydrogens is 323 g/mol. The van der Waals surface area contributed by atoms with Crippen molar-refractivity contribution >= 4 is 22.6 Å². The topological polar surface area (TPSA) is 87.7 Å². The molecule has 2 atom stereocenters. The van der Waals surface area contributed by atoms with Gasteiger partial charge in [0.15, 0.2) is 0 Å². The molecule has 3 aromatic rings. The highest BCUT2D eigenvalue weighted by atomic mass is 19.1. The maximum atomic E-state index is 12.9. The smallest absolute Gasteiger partial charge is 0.256 e. The van der Waals surface area contributed by atoms with Gasteiger partial charge in [0.2, 0.25) is 5.91 Å². The predicted molar refractivity (Wildman–Crippen MR) is 92.0 cm³/mol. The quantitative estimate of drug-likeness (QED) is 0.768. The van der Waals surface area contributed by atoms with E-state index in [1.54, 1.807) is 30.7 Å². The van der Waals surface area contributed by atoms with E-state index in [2.05, 4.69) is 20.3 Å². The molecule has 1 saturated carbocycles. The molecule has 0 unspecified atom stereocenters. The van der Waals surface area contributed by atoms with Gasteiger partial charge in [-0.3, -0.25) is 14.6 Å². The normalized spacial score (nSPS) is 19.0. The molecule has 0 aliphatic heterocycles. The summed E-state index contributed by atoms with van der Waals surface area (Å²) in [6.07, 6.45) is 4.08. The number of alkyl halides is 1. The number of hydrogen-bond acceptors (Lipinski definition) is 4. The summed E-state index contributed by atoms with van der Waals surface area (Å²) < 4.78 is 12.9. The largest absolute Gasteiger partial charge is 0.321 e. The molecular formula is C18H15FN4O2. The number of anilines is 1. The van der Waals surface area contributed by atoms with E-state index < -0.39 is 12.1 Å². The van der Waals surface area contributed by atoms with Crippen molar-refractivity contribution in [3.05, 3.63) is 52.7 Å². The Morgan fingerprint density at radius 1 is 1.32 bits per heavy atom. The minimum absolute atomic E-state index is 0.252. The average molecular weight is 338 g/mol. The zero-order chi connectivity index (χ0) is 17.6. The Bertz CT molecular complexity index is 1050. The van der Waals surface area contributed by atoms with Crippen LogP contribution in [-0.4, -0.2) is 27.0 Å². The third-order valence-corrected chi connectivity index (χ3v) is 4.36. The van der Waals surface area contributed by atoms with E-state index in [-0.39, 0.29) is 23.7 Å². The minimum Gasteiger partial charge on any atom is -0.321 e. The number of halogens is 1. The lowest BCUT2D eigenvalue weighted by Crippen LogP contribution is -2.16. The first-order chi connectivity index (χ1) is 12.0. The van der Waals surface area contributed by atoms with Crippen molar-refractivity contribution in [2.24, 2.45) is 5.92 Å². The number of nitrogens with one attached hydrogen (secondary N) is 2. The van der Waals surface area contributed by atoms with Crippen LogP contribution in [0.1, 0.15) is 12.0 Å². The second-order valence-corrected chi connectivity index (χ2v) is 6.21. The molecule has 0 bridgehead atoms. The van der Waals surface area contributed by atoms with Crippen LogP contribution in [0.25, 0.3) is 22.0 Å². The van der Waals surface area contributed by atoms with Crippen LogP contribution >= 0.6 is 0 Å². The number of rotatable bonds is 3. The lowest BCUT2D eigenvalue weighted by Gasteiger charge is -2.08. The second kappa shape index (κ2) is 5.77. The molecule has 1 amide bonds. The van der Waals surface area contributed by atoms with Gasteiger partial charge in [-0.05, 0) is 31.0 Å². The SMILES string of the molecule is Cc1ccncc1-c1cc2cnc(NC(=O)[C@H]3C[C@H]3F)cc2[nH]c1=O. The van der Waals surface area contributed by atoms with Crippen molar-refractivity contribution in [1.82, 2.24) is 15.0 Å². The summed E-state index contributed by atoms with van der Waals surface area (Å²) in [5, 5.41) is 3.31. The van der Waals surface area contributed by atoms with Gasteiger partial charge in [0, 0.05) is 41.2 Å². The first-order valence-electron chi connectivity index (χ1n) is 7.92. The molecule has 25 heavy (non-hydrogen) atoms. The molecule has 6 nitrogen and oxygen atoms in total. The maximum absolute atomic E-state index is 12.9. The van der Waals surface area contributed by atoms with E-state index in [0.29, 0.717) is 11.1 Å². The molecule has 126 valence electrons. The lowest BCUT2D eigenvalue weighted by atomic mass is 10.0. The first-order valence-corrected chi connectivity index (χ1v) is 7.92. The van der Waals surface area contributed by atoms with Crippen LogP contribution in [0.15, 0.2) is 41.6 Å². The fraction of sp³-hybridized carbons (Fsp3) is 0.222. The van der Waals surface area contributed by atoms with E-state index in [1.807, 2.05) is 13.0 Å². The van der Waals surface area contributed by atoms with E-state index in [4.69, 9.17) is 0 Å². The van der Waals surface area contributed by atoms with Crippen molar-refractivity contribution in [3.8, 4) is 11.1 Å². The highest BCUT2D eigenvalue weighted by Crippen LogP contribution is 2.34. The number of hydrogen-bond donors (Lipinski definition) is 2. The molecule has 7 heteroatoms. The Kier molecular flexibility index (Phi) is 3.56. The van der Waals surface area contributed by atoms with E-state index in [1.165, 1.54) is 0 Å². The van der Waals surface area contributed by atoms with E-state index in [9.17, 15) is 14.0 Å². The van der Waals surface area contributed by atoms with Gasteiger partial charge in [-0.2, -0.15) is 0 Å². The predicted octanol–water partition coefficient (Wildman–Crippen LogP) is 2.59. The van der Waals surface area contributed by atoms with Crippen molar-refractivity contribution in [2.75, 3.05) is 5.32 Å². The van der Waals surface area contributed by atoms with Crippen molar-refractivity contribution in [1.29, 1.82) is 0 Å². The highest BCUT2D eigenvalue weighted by Gasteiger charge is 2.43. The Morgan fingerprint density at radius 2 is 2.12 bits per heavy atom. The minimum atomic E-state index is -1.06. The maximum Gasteiger partial charge on any atom is 0.256 e. The van der Waals surface area contributed by atoms with Crippen molar-refractivity contribution in [3.63, 3.8) is 0 Å². The third-order valence-electron chi connectivity index (χ3n) is 4.36. The van der Waals surface area contributed by atoms with Crippen LogP contribution in [0.5, 0.6) is 0 Å². The molecule has 3 aromatic heterocycles. The van der Waals surface area contributed by atoms with Crippen LogP contribution in [-0.2, 0) is 4.79 Å². The van der Waals surface area contributed by atoms with Gasteiger partial charge in [-0.1, -0.05) is 0 Å². The van der Waals surface area contributed by atoms with Crippen LogP contribution in [0, 0.1) is 12.8 Å². The molecule has 0 aromatic carbocycles. The number of aromatic amines is 1. The van der Waals surface area contributed by atoms with Crippen molar-refractivity contribution in [2.45, 2.75) is 19.5 Å². The molecule has 0 radical (unpaired) electrons. The van der Waals surface area contributed by atoms with Gasteiger partial charge in [0.05, 0.1) is 11.4 Å². The van der Waals surface area contributed by atoms with Gasteiger partial charge < -0.3 is 10.3 Å². The number of pyridine rings is 3. The zero-order valence-electron chi connectivity index (χ0n) is 13.4. The van der Waals surface area contributed by atoms with E-state index >= 15 is 0 Å². The zero-order valence-corrected chi connectivity index (χ0v) is 13.4. The molecule has 1 aliphatic carbocycles. The fourth-order valence-electron chi connectivity index (χ4n) is 2.77. The molecule has 2 N–H and O–H groups in total. The molecule has 1 fully saturated rings. The van der Waals surface area contributed by atoms with Gasteiger partial charge in [0.1, 0.15) is 12.0 Å². The Hall–Kier alpha value is -3.09. The second-order valence-electron chi connectivity index (χ2n) is 6.21. The molecule has 4 rings (SSSR count). The highest BCUT2D eigenvalue weighted by molar-refractivity contribution is 5.95. The number of aryl methyl sites for hydroxylation is 1. The average Bonchev–Trinajstić information content (AvgIpc) is 3.32. The molecule has 3 heterocycles. The Balaban J connectivity index is 1.71. The van der Waals surface area contributed by atoms with Crippen LogP contribution in [0.2, 0.25) is 0 Å². The third kappa shape index (κ3) is 2.88. The lowest BCUT2D eigenvalue weighted by molar-refractivity contribution is -0.117. The number of amides is 1. The van der Waals surface area contributed by atoms with Gasteiger partial charge >= 0.3 is 0 Å². The number of fused-ring (bicyclic) bond motifs is 1. The summed E-state index contributed by atoms with van der Waals surface area (Å²) in [6, 6.07) is 5.16. The van der Waals surface area contributed by atoms with Gasteiger partial charge in [-0.25, -0.2) is 9.37 Å². The van der Waals surface area contributed by atoms with Crippen molar-refractivity contribution < 1.29 is 9.18 Å². The van der Waals surface area contributed by atoms with Crippen LogP contribution in [0.3, 0.4) is 0 Å². The summed E-state index contributed by atoms with van der Waals surface area (Å²) >= 11 is 0. The first kappa shape index (κ1) is 15.4. The molecule has 0 spiro atoms. The molecule has 0 saturated heterocycles. The fourth-order valence-corrected chi connectivity index (χ4v) is 2.77. The number of aromatic nitrogens is 3. The van der Waals surface area contributed by atoms with Crippen LogP contribution in [0.4, 0.5) is 10.2 Å². The van der Waals surface area contributed by atoms with Crippen LogP contribution < -0.4 is 10.9 Å². The number of H-pyrrole nitrogens is 1.